The Morgan fingerprint density at radius 1 is 1.35 bits per heavy atom. The summed E-state index contributed by atoms with van der Waals surface area (Å²) in [5.74, 6) is -0.460. The number of oxazole rings is 1. The molecule has 0 saturated heterocycles. The molecule has 0 bridgehead atoms. The van der Waals surface area contributed by atoms with E-state index < -0.39 is 5.76 Å². The maximum atomic E-state index is 11.1. The van der Waals surface area contributed by atoms with Gasteiger partial charge in [0, 0.05) is 11.3 Å². The molecule has 0 amide bonds. The van der Waals surface area contributed by atoms with Gasteiger partial charge in [0.15, 0.2) is 5.58 Å². The molecule has 3 rings (SSSR count). The maximum Gasteiger partial charge on any atom is 0.417 e. The van der Waals surface area contributed by atoms with Crippen molar-refractivity contribution in [3.05, 3.63) is 49.1 Å². The van der Waals surface area contributed by atoms with Crippen LogP contribution in [0.25, 0.3) is 11.1 Å². The molecule has 7 heteroatoms. The van der Waals surface area contributed by atoms with Gasteiger partial charge in [0.1, 0.15) is 0 Å². The molecule has 2 heterocycles. The fraction of sp³-hybridized carbons (Fsp3) is 0.154. The maximum absolute atomic E-state index is 11.1. The molecule has 0 aliphatic rings. The molecular formula is C13H10Cl2N2O2S. The van der Waals surface area contributed by atoms with Crippen LogP contribution >= 0.6 is 34.5 Å². The number of aromatic amines is 1. The van der Waals surface area contributed by atoms with E-state index in [1.165, 1.54) is 11.3 Å². The summed E-state index contributed by atoms with van der Waals surface area (Å²) in [7, 11) is 0. The van der Waals surface area contributed by atoms with Crippen LogP contribution in [0.2, 0.25) is 8.67 Å². The number of anilines is 1. The molecule has 0 fully saturated rings. The fourth-order valence-corrected chi connectivity index (χ4v) is 3.66. The fourth-order valence-electron chi connectivity index (χ4n) is 2.02. The summed E-state index contributed by atoms with van der Waals surface area (Å²) < 4.78 is 6.29. The van der Waals surface area contributed by atoms with Crippen molar-refractivity contribution in [2.75, 3.05) is 5.32 Å². The van der Waals surface area contributed by atoms with Gasteiger partial charge in [-0.3, -0.25) is 4.98 Å². The van der Waals surface area contributed by atoms with Crippen LogP contribution in [0.5, 0.6) is 0 Å². The van der Waals surface area contributed by atoms with Gasteiger partial charge < -0.3 is 9.73 Å². The van der Waals surface area contributed by atoms with Crippen LogP contribution in [-0.2, 0) is 0 Å². The number of hydrogen-bond acceptors (Lipinski definition) is 4. The lowest BCUT2D eigenvalue weighted by Gasteiger charge is -2.14. The molecule has 0 radical (unpaired) electrons. The summed E-state index contributed by atoms with van der Waals surface area (Å²) in [6.07, 6.45) is 0. The Hall–Kier alpha value is -1.43. The van der Waals surface area contributed by atoms with Gasteiger partial charge in [0.05, 0.1) is 20.2 Å². The molecule has 4 nitrogen and oxygen atoms in total. The van der Waals surface area contributed by atoms with E-state index in [9.17, 15) is 4.79 Å². The minimum Gasteiger partial charge on any atom is -0.408 e. The van der Waals surface area contributed by atoms with Crippen molar-refractivity contribution in [3.63, 3.8) is 0 Å². The highest BCUT2D eigenvalue weighted by Crippen LogP contribution is 2.36. The number of H-pyrrole nitrogens is 1. The van der Waals surface area contributed by atoms with Gasteiger partial charge in [0.2, 0.25) is 0 Å². The average Bonchev–Trinajstić information content (AvgIpc) is 2.90. The van der Waals surface area contributed by atoms with E-state index in [1.54, 1.807) is 6.07 Å². The van der Waals surface area contributed by atoms with Crippen molar-refractivity contribution in [3.8, 4) is 0 Å². The standard InChI is InChI=1S/C13H10Cl2N2O2S/c1-6(8-5-11(14)20-12(8)15)16-7-2-3-10-9(4-7)17-13(18)19-10/h2-6,16H,1H3,(H,17,18). The Labute approximate surface area is 128 Å². The lowest BCUT2D eigenvalue weighted by atomic mass is 10.1. The molecular weight excluding hydrogens is 319 g/mol. The molecule has 20 heavy (non-hydrogen) atoms. The number of rotatable bonds is 3. The number of hydrogen-bond donors (Lipinski definition) is 2. The summed E-state index contributed by atoms with van der Waals surface area (Å²) in [5, 5.41) is 3.31. The summed E-state index contributed by atoms with van der Waals surface area (Å²) in [4.78, 5) is 13.7. The van der Waals surface area contributed by atoms with E-state index in [0.717, 1.165) is 11.3 Å². The number of halogens is 2. The van der Waals surface area contributed by atoms with Crippen LogP contribution in [-0.4, -0.2) is 4.98 Å². The zero-order chi connectivity index (χ0) is 14.3. The van der Waals surface area contributed by atoms with Crippen molar-refractivity contribution in [2.45, 2.75) is 13.0 Å². The van der Waals surface area contributed by atoms with Crippen molar-refractivity contribution >= 4 is 51.3 Å². The molecule has 104 valence electrons. The zero-order valence-corrected chi connectivity index (χ0v) is 12.7. The topological polar surface area (TPSA) is 58.0 Å². The van der Waals surface area contributed by atoms with Crippen molar-refractivity contribution < 1.29 is 4.42 Å². The van der Waals surface area contributed by atoms with Crippen LogP contribution < -0.4 is 11.1 Å². The number of thiophene rings is 1. The quantitative estimate of drug-likeness (QED) is 0.734. The first-order valence-electron chi connectivity index (χ1n) is 5.87. The van der Waals surface area contributed by atoms with E-state index in [-0.39, 0.29) is 6.04 Å². The van der Waals surface area contributed by atoms with Crippen molar-refractivity contribution in [2.24, 2.45) is 0 Å². The summed E-state index contributed by atoms with van der Waals surface area (Å²) >= 11 is 13.4. The molecule has 2 aromatic heterocycles. The van der Waals surface area contributed by atoms with Gasteiger partial charge in [0.25, 0.3) is 0 Å². The van der Waals surface area contributed by atoms with Crippen LogP contribution in [0.3, 0.4) is 0 Å². The first kappa shape index (κ1) is 13.5. The van der Waals surface area contributed by atoms with Crippen LogP contribution in [0.15, 0.2) is 33.5 Å². The van der Waals surface area contributed by atoms with E-state index in [0.29, 0.717) is 19.8 Å². The smallest absolute Gasteiger partial charge is 0.408 e. The van der Waals surface area contributed by atoms with Crippen molar-refractivity contribution in [1.82, 2.24) is 4.98 Å². The SMILES string of the molecule is CC(Nc1ccc2oc(=O)[nH]c2c1)c1cc(Cl)sc1Cl. The third-order valence-electron chi connectivity index (χ3n) is 2.95. The van der Waals surface area contributed by atoms with Crippen LogP contribution in [0.1, 0.15) is 18.5 Å². The van der Waals surface area contributed by atoms with Gasteiger partial charge in [-0.2, -0.15) is 0 Å². The molecule has 0 aliphatic carbocycles. The highest BCUT2D eigenvalue weighted by Gasteiger charge is 2.13. The first-order valence-corrected chi connectivity index (χ1v) is 7.44. The molecule has 0 saturated carbocycles. The summed E-state index contributed by atoms with van der Waals surface area (Å²) in [5.41, 5.74) is 2.99. The highest BCUT2D eigenvalue weighted by atomic mass is 35.5. The molecule has 1 aromatic carbocycles. The Balaban J connectivity index is 1.88. The molecule has 3 aromatic rings. The van der Waals surface area contributed by atoms with E-state index in [4.69, 9.17) is 27.6 Å². The van der Waals surface area contributed by atoms with Gasteiger partial charge in [-0.05, 0) is 31.2 Å². The molecule has 2 N–H and O–H groups in total. The van der Waals surface area contributed by atoms with E-state index >= 15 is 0 Å². The Kier molecular flexibility index (Phi) is 3.50. The van der Waals surface area contributed by atoms with Crippen LogP contribution in [0, 0.1) is 0 Å². The monoisotopic (exact) mass is 328 g/mol. The second-order valence-corrected chi connectivity index (χ2v) is 6.66. The third-order valence-corrected chi connectivity index (χ3v) is 4.47. The number of aromatic nitrogens is 1. The molecule has 0 spiro atoms. The molecule has 1 unspecified atom stereocenters. The predicted molar refractivity (Wildman–Crippen MR) is 83.2 cm³/mol. The van der Waals surface area contributed by atoms with E-state index in [2.05, 4.69) is 10.3 Å². The predicted octanol–water partition coefficient (Wildman–Crippen LogP) is 4.66. The zero-order valence-electron chi connectivity index (χ0n) is 10.4. The average molecular weight is 329 g/mol. The lowest BCUT2D eigenvalue weighted by molar-refractivity contribution is 0.555. The molecule has 0 aliphatic heterocycles. The van der Waals surface area contributed by atoms with Gasteiger partial charge in [-0.15, -0.1) is 11.3 Å². The minimum atomic E-state index is -0.460. The number of benzene rings is 1. The second kappa shape index (κ2) is 5.16. The molecule has 1 atom stereocenters. The Bertz CT molecular complexity index is 821. The highest BCUT2D eigenvalue weighted by molar-refractivity contribution is 7.20. The first-order chi connectivity index (χ1) is 9.52. The van der Waals surface area contributed by atoms with Gasteiger partial charge >= 0.3 is 5.76 Å². The van der Waals surface area contributed by atoms with Crippen molar-refractivity contribution in [1.29, 1.82) is 0 Å². The summed E-state index contributed by atoms with van der Waals surface area (Å²) in [6.45, 7) is 1.99. The van der Waals surface area contributed by atoms with Crippen LogP contribution in [0.4, 0.5) is 5.69 Å². The van der Waals surface area contributed by atoms with Gasteiger partial charge in [-0.25, -0.2) is 4.79 Å². The third kappa shape index (κ3) is 2.57. The number of nitrogens with one attached hydrogen (secondary N) is 2. The second-order valence-electron chi connectivity index (χ2n) is 4.37. The summed E-state index contributed by atoms with van der Waals surface area (Å²) in [6, 6.07) is 7.26. The van der Waals surface area contributed by atoms with Gasteiger partial charge in [-0.1, -0.05) is 23.2 Å². The largest absolute Gasteiger partial charge is 0.417 e. The normalized spacial score (nSPS) is 12.8. The number of fused-ring (bicyclic) bond motifs is 1. The Morgan fingerprint density at radius 2 is 2.15 bits per heavy atom. The lowest BCUT2D eigenvalue weighted by Crippen LogP contribution is -2.05. The minimum absolute atomic E-state index is 0.00215. The Morgan fingerprint density at radius 3 is 2.85 bits per heavy atom. The van der Waals surface area contributed by atoms with E-state index in [1.807, 2.05) is 25.1 Å².